The molecule has 25 heavy (non-hydrogen) atoms. The first-order valence-electron chi connectivity index (χ1n) is 7.35. The zero-order valence-corrected chi connectivity index (χ0v) is 15.5. The van der Waals surface area contributed by atoms with Crippen LogP contribution in [-0.2, 0) is 11.3 Å². The number of thioether (sulfide) groups is 1. The van der Waals surface area contributed by atoms with Crippen LogP contribution in [0.4, 0.5) is 5.69 Å². The summed E-state index contributed by atoms with van der Waals surface area (Å²) >= 11 is 13.3. The minimum absolute atomic E-state index is 0.207. The largest absolute Gasteiger partial charge is 0.467 e. The highest BCUT2D eigenvalue weighted by molar-refractivity contribution is 8.00. The number of hydrogen-bond acceptors (Lipinski definition) is 5. The highest BCUT2D eigenvalue weighted by atomic mass is 35.5. The number of nitrogens with one attached hydrogen (secondary N) is 1. The third-order valence-corrected chi connectivity index (χ3v) is 4.98. The van der Waals surface area contributed by atoms with Crippen LogP contribution in [0.3, 0.4) is 0 Å². The fourth-order valence-corrected chi connectivity index (χ4v) is 3.21. The van der Waals surface area contributed by atoms with Gasteiger partial charge in [-0.15, -0.1) is 10.2 Å². The van der Waals surface area contributed by atoms with E-state index < -0.39 is 5.25 Å². The molecular formula is C16H14Cl2N4O2S. The molecule has 0 aliphatic rings. The van der Waals surface area contributed by atoms with E-state index in [1.807, 2.05) is 16.7 Å². The molecule has 1 unspecified atom stereocenters. The minimum Gasteiger partial charge on any atom is -0.467 e. The van der Waals surface area contributed by atoms with Gasteiger partial charge in [0.1, 0.15) is 12.1 Å². The van der Waals surface area contributed by atoms with Gasteiger partial charge in [-0.1, -0.05) is 35.0 Å². The van der Waals surface area contributed by atoms with Gasteiger partial charge in [0.2, 0.25) is 5.91 Å². The lowest BCUT2D eigenvalue weighted by Crippen LogP contribution is -2.23. The van der Waals surface area contributed by atoms with E-state index in [1.165, 1.54) is 11.8 Å². The van der Waals surface area contributed by atoms with Crippen molar-refractivity contribution >= 4 is 46.6 Å². The van der Waals surface area contributed by atoms with Crippen LogP contribution in [0, 0.1) is 0 Å². The summed E-state index contributed by atoms with van der Waals surface area (Å²) in [5, 5.41) is 11.9. The Balaban J connectivity index is 1.66. The number of benzene rings is 1. The predicted octanol–water partition coefficient (Wildman–Crippen LogP) is 4.35. The van der Waals surface area contributed by atoms with Crippen LogP contribution in [-0.4, -0.2) is 25.9 Å². The van der Waals surface area contributed by atoms with E-state index in [4.69, 9.17) is 27.6 Å². The Morgan fingerprint density at radius 3 is 3.00 bits per heavy atom. The molecule has 3 aromatic rings. The predicted molar refractivity (Wildman–Crippen MR) is 98.2 cm³/mol. The molecule has 0 aliphatic carbocycles. The first-order chi connectivity index (χ1) is 12.0. The summed E-state index contributed by atoms with van der Waals surface area (Å²) in [6.45, 7) is 2.28. The number of anilines is 1. The molecule has 0 bridgehead atoms. The molecule has 0 fully saturated rings. The number of carbonyl (C=O) groups is 1. The molecule has 3 rings (SSSR count). The number of amides is 1. The number of hydrogen-bond donors (Lipinski definition) is 1. The molecular weight excluding hydrogens is 383 g/mol. The second-order valence-corrected chi connectivity index (χ2v) is 7.35. The van der Waals surface area contributed by atoms with Gasteiger partial charge >= 0.3 is 0 Å². The summed E-state index contributed by atoms with van der Waals surface area (Å²) in [7, 11) is 0. The fourth-order valence-electron chi connectivity index (χ4n) is 2.05. The minimum atomic E-state index is -0.408. The standard InChI is InChI=1S/C16H14Cl2N4O2S/c1-10(15(23)20-14-7-11(17)4-5-13(14)18)25-16-21-19-9-22(16)8-12-3-2-6-24-12/h2-7,9-10H,8H2,1H3,(H,20,23). The van der Waals surface area contributed by atoms with Crippen LogP contribution < -0.4 is 5.32 Å². The molecule has 0 saturated carbocycles. The topological polar surface area (TPSA) is 73.0 Å². The van der Waals surface area contributed by atoms with Gasteiger partial charge in [0.05, 0.1) is 28.8 Å². The molecule has 2 aromatic heterocycles. The van der Waals surface area contributed by atoms with Crippen molar-refractivity contribution in [1.29, 1.82) is 0 Å². The van der Waals surface area contributed by atoms with Crippen molar-refractivity contribution in [3.8, 4) is 0 Å². The smallest absolute Gasteiger partial charge is 0.237 e. The summed E-state index contributed by atoms with van der Waals surface area (Å²) in [5.41, 5.74) is 0.476. The Labute approximate surface area is 158 Å². The molecule has 6 nitrogen and oxygen atoms in total. The third-order valence-electron chi connectivity index (χ3n) is 3.32. The van der Waals surface area contributed by atoms with Gasteiger partial charge in [-0.3, -0.25) is 4.79 Å². The van der Waals surface area contributed by atoms with Crippen molar-refractivity contribution < 1.29 is 9.21 Å². The van der Waals surface area contributed by atoms with Crippen LogP contribution in [0.5, 0.6) is 0 Å². The number of nitrogens with zero attached hydrogens (tertiary/aromatic N) is 3. The third kappa shape index (κ3) is 4.56. The van der Waals surface area contributed by atoms with Gasteiger partial charge in [-0.25, -0.2) is 0 Å². The molecule has 0 radical (unpaired) electrons. The number of carbonyl (C=O) groups excluding carboxylic acids is 1. The zero-order valence-electron chi connectivity index (χ0n) is 13.1. The van der Waals surface area contributed by atoms with E-state index in [0.29, 0.717) is 27.4 Å². The molecule has 0 aliphatic heterocycles. The lowest BCUT2D eigenvalue weighted by molar-refractivity contribution is -0.115. The molecule has 1 N–H and O–H groups in total. The summed E-state index contributed by atoms with van der Waals surface area (Å²) in [6.07, 6.45) is 3.21. The zero-order chi connectivity index (χ0) is 17.8. The molecule has 1 amide bonds. The maximum atomic E-state index is 12.4. The molecule has 0 spiro atoms. The van der Waals surface area contributed by atoms with E-state index in [-0.39, 0.29) is 5.91 Å². The van der Waals surface area contributed by atoms with Crippen molar-refractivity contribution in [2.24, 2.45) is 0 Å². The van der Waals surface area contributed by atoms with Crippen LogP contribution in [0.25, 0.3) is 0 Å². The molecule has 9 heteroatoms. The van der Waals surface area contributed by atoms with E-state index in [2.05, 4.69) is 15.5 Å². The molecule has 2 heterocycles. The lowest BCUT2D eigenvalue weighted by Gasteiger charge is -2.13. The van der Waals surface area contributed by atoms with Crippen molar-refractivity contribution in [3.05, 3.63) is 58.7 Å². The van der Waals surface area contributed by atoms with Gasteiger partial charge < -0.3 is 14.3 Å². The van der Waals surface area contributed by atoms with Crippen molar-refractivity contribution in [2.75, 3.05) is 5.32 Å². The summed E-state index contributed by atoms with van der Waals surface area (Å²) in [5.74, 6) is 0.575. The van der Waals surface area contributed by atoms with E-state index in [9.17, 15) is 4.79 Å². The highest BCUT2D eigenvalue weighted by Gasteiger charge is 2.19. The maximum absolute atomic E-state index is 12.4. The summed E-state index contributed by atoms with van der Waals surface area (Å²) < 4.78 is 7.14. The second kappa shape index (κ2) is 7.95. The Kier molecular flexibility index (Phi) is 5.67. The lowest BCUT2D eigenvalue weighted by atomic mass is 10.3. The number of rotatable bonds is 6. The van der Waals surface area contributed by atoms with E-state index >= 15 is 0 Å². The van der Waals surface area contributed by atoms with E-state index in [1.54, 1.807) is 37.7 Å². The SMILES string of the molecule is CC(Sc1nncn1Cc1ccco1)C(=O)Nc1cc(Cl)ccc1Cl. The van der Waals surface area contributed by atoms with Crippen LogP contribution in [0.2, 0.25) is 10.0 Å². The number of halogens is 2. The van der Waals surface area contributed by atoms with Crippen LogP contribution in [0.15, 0.2) is 52.5 Å². The average Bonchev–Trinajstić information content (AvgIpc) is 3.24. The van der Waals surface area contributed by atoms with Crippen molar-refractivity contribution in [1.82, 2.24) is 14.8 Å². The van der Waals surface area contributed by atoms with Gasteiger partial charge in [-0.2, -0.15) is 0 Å². The fraction of sp³-hybridized carbons (Fsp3) is 0.188. The van der Waals surface area contributed by atoms with E-state index in [0.717, 1.165) is 5.76 Å². The molecule has 1 atom stereocenters. The Morgan fingerprint density at radius 2 is 2.24 bits per heavy atom. The first-order valence-corrected chi connectivity index (χ1v) is 8.99. The normalized spacial score (nSPS) is 12.1. The maximum Gasteiger partial charge on any atom is 0.237 e. The van der Waals surface area contributed by atoms with Crippen molar-refractivity contribution in [3.63, 3.8) is 0 Å². The number of furan rings is 1. The molecule has 0 saturated heterocycles. The van der Waals surface area contributed by atoms with Gasteiger partial charge in [0, 0.05) is 5.02 Å². The highest BCUT2D eigenvalue weighted by Crippen LogP contribution is 2.27. The van der Waals surface area contributed by atoms with Gasteiger partial charge in [0.15, 0.2) is 5.16 Å². The first kappa shape index (κ1) is 17.8. The Hall–Kier alpha value is -1.96. The summed E-state index contributed by atoms with van der Waals surface area (Å²) in [6, 6.07) is 8.59. The molecule has 130 valence electrons. The quantitative estimate of drug-likeness (QED) is 0.627. The van der Waals surface area contributed by atoms with Gasteiger partial charge in [-0.05, 0) is 37.3 Å². The van der Waals surface area contributed by atoms with Crippen LogP contribution in [0.1, 0.15) is 12.7 Å². The average molecular weight is 397 g/mol. The number of aromatic nitrogens is 3. The monoisotopic (exact) mass is 396 g/mol. The Morgan fingerprint density at radius 1 is 1.40 bits per heavy atom. The van der Waals surface area contributed by atoms with Gasteiger partial charge in [0.25, 0.3) is 0 Å². The Bertz CT molecular complexity index is 867. The second-order valence-electron chi connectivity index (χ2n) is 5.19. The van der Waals surface area contributed by atoms with Crippen molar-refractivity contribution in [2.45, 2.75) is 23.9 Å². The van der Waals surface area contributed by atoms with Crippen LogP contribution >= 0.6 is 35.0 Å². The molecule has 1 aromatic carbocycles. The summed E-state index contributed by atoms with van der Waals surface area (Å²) in [4.78, 5) is 12.4.